The monoisotopic (exact) mass is 178 g/mol. The van der Waals surface area contributed by atoms with Gasteiger partial charge in [0.2, 0.25) is 0 Å². The number of carbonyl (C=O) groups excluding carboxylic acids is 1. The van der Waals surface area contributed by atoms with E-state index in [0.717, 1.165) is 19.1 Å². The van der Waals surface area contributed by atoms with Crippen molar-refractivity contribution in [1.29, 1.82) is 0 Å². The first-order chi connectivity index (χ1) is 3.62. The van der Waals surface area contributed by atoms with Crippen molar-refractivity contribution in [3.63, 3.8) is 0 Å². The molecule has 0 saturated heterocycles. The Hall–Kier alpha value is 0.150. The van der Waals surface area contributed by atoms with Gasteiger partial charge in [-0.3, -0.25) is 0 Å². The molecule has 0 radical (unpaired) electrons. The highest BCUT2D eigenvalue weighted by Crippen LogP contribution is 2.19. The van der Waals surface area contributed by atoms with E-state index in [1.54, 1.807) is 0 Å². The standard InChI is InChI=1S/C6H11BrO/c1-3-4-6(2,7)5-8/h5H,3-4H2,1-2H3. The smallest absolute Gasteiger partial charge is 0.136 e. The Balaban J connectivity index is 3.53. The van der Waals surface area contributed by atoms with E-state index in [-0.39, 0.29) is 4.32 Å². The quantitative estimate of drug-likeness (QED) is 0.479. The maximum atomic E-state index is 10.2. The fourth-order valence-corrected chi connectivity index (χ4v) is 0.944. The normalized spacial score (nSPS) is 17.4. The first-order valence-corrected chi connectivity index (χ1v) is 3.57. The number of aldehydes is 1. The minimum absolute atomic E-state index is 0.276. The highest BCUT2D eigenvalue weighted by atomic mass is 79.9. The van der Waals surface area contributed by atoms with Crippen molar-refractivity contribution < 1.29 is 4.79 Å². The van der Waals surface area contributed by atoms with Crippen molar-refractivity contribution in [2.24, 2.45) is 0 Å². The predicted octanol–water partition coefficient (Wildman–Crippen LogP) is 2.14. The second kappa shape index (κ2) is 3.23. The molecule has 0 rings (SSSR count). The van der Waals surface area contributed by atoms with E-state index >= 15 is 0 Å². The zero-order valence-corrected chi connectivity index (χ0v) is 6.86. The number of carbonyl (C=O) groups is 1. The minimum Gasteiger partial charge on any atom is -0.302 e. The Kier molecular flexibility index (Phi) is 3.29. The molecule has 0 fully saturated rings. The van der Waals surface area contributed by atoms with Crippen LogP contribution in [0.5, 0.6) is 0 Å². The summed E-state index contributed by atoms with van der Waals surface area (Å²) in [6, 6.07) is 0. The molecular formula is C6H11BrO. The number of halogens is 1. The first kappa shape index (κ1) is 8.15. The lowest BCUT2D eigenvalue weighted by Gasteiger charge is -2.10. The van der Waals surface area contributed by atoms with Gasteiger partial charge in [0.15, 0.2) is 0 Å². The Bertz CT molecular complexity index is 78.6. The number of hydrogen-bond donors (Lipinski definition) is 0. The van der Waals surface area contributed by atoms with Gasteiger partial charge in [0.05, 0.1) is 4.32 Å². The van der Waals surface area contributed by atoms with Crippen molar-refractivity contribution in [3.05, 3.63) is 0 Å². The summed E-state index contributed by atoms with van der Waals surface area (Å²) in [5, 5.41) is 0. The van der Waals surface area contributed by atoms with E-state index in [1.165, 1.54) is 0 Å². The van der Waals surface area contributed by atoms with Gasteiger partial charge in [0, 0.05) is 0 Å². The molecule has 0 aliphatic rings. The Morgan fingerprint density at radius 1 is 1.75 bits per heavy atom. The third-order valence-electron chi connectivity index (χ3n) is 0.985. The Labute approximate surface area is 58.6 Å². The molecule has 0 bridgehead atoms. The molecule has 8 heavy (non-hydrogen) atoms. The van der Waals surface area contributed by atoms with Gasteiger partial charge in [0.1, 0.15) is 6.29 Å². The molecule has 0 aliphatic heterocycles. The predicted molar refractivity (Wildman–Crippen MR) is 38.3 cm³/mol. The molecule has 0 heterocycles. The number of alkyl halides is 1. The van der Waals surface area contributed by atoms with Crippen LogP contribution in [0.3, 0.4) is 0 Å². The summed E-state index contributed by atoms with van der Waals surface area (Å²) in [6.45, 7) is 3.94. The lowest BCUT2D eigenvalue weighted by Crippen LogP contribution is -2.15. The van der Waals surface area contributed by atoms with Gasteiger partial charge < -0.3 is 4.79 Å². The molecule has 0 aliphatic carbocycles. The summed E-state index contributed by atoms with van der Waals surface area (Å²) in [6.07, 6.45) is 2.90. The van der Waals surface area contributed by atoms with Crippen LogP contribution in [0.15, 0.2) is 0 Å². The Morgan fingerprint density at radius 3 is 2.38 bits per heavy atom. The molecule has 0 aromatic rings. The zero-order chi connectivity index (χ0) is 6.62. The van der Waals surface area contributed by atoms with Crippen molar-refractivity contribution in [1.82, 2.24) is 0 Å². The summed E-state index contributed by atoms with van der Waals surface area (Å²) in [5.41, 5.74) is 0. The summed E-state index contributed by atoms with van der Waals surface area (Å²) in [4.78, 5) is 10.2. The highest BCUT2D eigenvalue weighted by Gasteiger charge is 2.16. The summed E-state index contributed by atoms with van der Waals surface area (Å²) in [5.74, 6) is 0. The van der Waals surface area contributed by atoms with E-state index in [4.69, 9.17) is 0 Å². The van der Waals surface area contributed by atoms with E-state index in [9.17, 15) is 4.79 Å². The van der Waals surface area contributed by atoms with Crippen molar-refractivity contribution >= 4 is 22.2 Å². The van der Waals surface area contributed by atoms with Gasteiger partial charge >= 0.3 is 0 Å². The fraction of sp³-hybridized carbons (Fsp3) is 0.833. The molecule has 0 aromatic heterocycles. The molecule has 1 unspecified atom stereocenters. The second-order valence-electron chi connectivity index (χ2n) is 2.15. The van der Waals surface area contributed by atoms with Gasteiger partial charge in [0.25, 0.3) is 0 Å². The van der Waals surface area contributed by atoms with E-state index in [2.05, 4.69) is 22.9 Å². The Morgan fingerprint density at radius 2 is 2.25 bits per heavy atom. The van der Waals surface area contributed by atoms with Crippen molar-refractivity contribution in [3.8, 4) is 0 Å². The summed E-state index contributed by atoms with van der Waals surface area (Å²) in [7, 11) is 0. The average Bonchev–Trinajstić information content (AvgIpc) is 1.67. The van der Waals surface area contributed by atoms with Gasteiger partial charge in [-0.1, -0.05) is 29.3 Å². The fourth-order valence-electron chi connectivity index (χ4n) is 0.548. The van der Waals surface area contributed by atoms with Gasteiger partial charge in [-0.2, -0.15) is 0 Å². The SMILES string of the molecule is CCCC(C)(Br)C=O. The summed E-state index contributed by atoms with van der Waals surface area (Å²) >= 11 is 3.27. The highest BCUT2D eigenvalue weighted by molar-refractivity contribution is 9.10. The van der Waals surface area contributed by atoms with Gasteiger partial charge in [-0.05, 0) is 13.3 Å². The van der Waals surface area contributed by atoms with Crippen molar-refractivity contribution in [2.45, 2.75) is 31.0 Å². The molecule has 2 heteroatoms. The van der Waals surface area contributed by atoms with Crippen LogP contribution in [0.4, 0.5) is 0 Å². The zero-order valence-electron chi connectivity index (χ0n) is 5.28. The maximum absolute atomic E-state index is 10.2. The minimum atomic E-state index is -0.276. The van der Waals surface area contributed by atoms with Crippen LogP contribution in [0.1, 0.15) is 26.7 Å². The van der Waals surface area contributed by atoms with Gasteiger partial charge in [-0.25, -0.2) is 0 Å². The maximum Gasteiger partial charge on any atom is 0.136 e. The van der Waals surface area contributed by atoms with Crippen LogP contribution in [0.2, 0.25) is 0 Å². The lowest BCUT2D eigenvalue weighted by molar-refractivity contribution is -0.109. The molecular weight excluding hydrogens is 168 g/mol. The van der Waals surface area contributed by atoms with Crippen LogP contribution in [-0.2, 0) is 4.79 Å². The third kappa shape index (κ3) is 3.19. The van der Waals surface area contributed by atoms with E-state index in [1.807, 2.05) is 6.92 Å². The third-order valence-corrected chi connectivity index (χ3v) is 1.57. The number of rotatable bonds is 3. The van der Waals surface area contributed by atoms with Crippen LogP contribution >= 0.6 is 15.9 Å². The molecule has 0 aromatic carbocycles. The molecule has 0 amide bonds. The van der Waals surface area contributed by atoms with Crippen LogP contribution in [0, 0.1) is 0 Å². The topological polar surface area (TPSA) is 17.1 Å². The molecule has 0 N–H and O–H groups in total. The molecule has 48 valence electrons. The molecule has 1 nitrogen and oxygen atoms in total. The number of hydrogen-bond acceptors (Lipinski definition) is 1. The molecule has 0 spiro atoms. The van der Waals surface area contributed by atoms with Gasteiger partial charge in [-0.15, -0.1) is 0 Å². The van der Waals surface area contributed by atoms with Crippen LogP contribution < -0.4 is 0 Å². The van der Waals surface area contributed by atoms with Crippen LogP contribution in [0.25, 0.3) is 0 Å². The second-order valence-corrected chi connectivity index (χ2v) is 3.96. The van der Waals surface area contributed by atoms with E-state index in [0.29, 0.717) is 0 Å². The summed E-state index contributed by atoms with van der Waals surface area (Å²) < 4.78 is -0.276. The van der Waals surface area contributed by atoms with Crippen molar-refractivity contribution in [2.75, 3.05) is 0 Å². The molecule has 1 atom stereocenters. The average molecular weight is 179 g/mol. The molecule has 0 saturated carbocycles. The largest absolute Gasteiger partial charge is 0.302 e. The van der Waals surface area contributed by atoms with Crippen LogP contribution in [-0.4, -0.2) is 10.6 Å². The first-order valence-electron chi connectivity index (χ1n) is 2.77. The van der Waals surface area contributed by atoms with E-state index < -0.39 is 0 Å². The lowest BCUT2D eigenvalue weighted by atomic mass is 10.1.